The standard InChI is InChI=1S/C28H40O3/c1-4-5-9-25(21-26-14-13-22(2)23(3)20-26)11-8-19-31-27-17-15-24(16-18-27)10-6-7-12-28(29)30/h13-18,20,25H,4-12,19,21H2,1-3H3,(H,29,30). The number of hydrogen-bond acceptors (Lipinski definition) is 2. The lowest BCUT2D eigenvalue weighted by Crippen LogP contribution is -2.08. The average molecular weight is 425 g/mol. The van der Waals surface area contributed by atoms with Gasteiger partial charge >= 0.3 is 5.97 Å². The molecule has 170 valence electrons. The van der Waals surface area contributed by atoms with Crippen LogP contribution in [0.4, 0.5) is 0 Å². The van der Waals surface area contributed by atoms with Crippen LogP contribution < -0.4 is 4.74 Å². The number of hydrogen-bond donors (Lipinski definition) is 1. The van der Waals surface area contributed by atoms with E-state index in [9.17, 15) is 4.79 Å². The van der Waals surface area contributed by atoms with Crippen LogP contribution in [0.5, 0.6) is 5.75 Å². The van der Waals surface area contributed by atoms with Crippen molar-refractivity contribution >= 4 is 5.97 Å². The summed E-state index contributed by atoms with van der Waals surface area (Å²) in [7, 11) is 0. The minimum absolute atomic E-state index is 0.254. The Balaban J connectivity index is 1.73. The van der Waals surface area contributed by atoms with Crippen molar-refractivity contribution in [3.63, 3.8) is 0 Å². The van der Waals surface area contributed by atoms with Crippen LogP contribution in [0.2, 0.25) is 0 Å². The van der Waals surface area contributed by atoms with Crippen LogP contribution in [0, 0.1) is 19.8 Å². The van der Waals surface area contributed by atoms with E-state index in [1.165, 1.54) is 47.9 Å². The normalized spacial score (nSPS) is 12.0. The van der Waals surface area contributed by atoms with Gasteiger partial charge in [-0.25, -0.2) is 0 Å². The Hall–Kier alpha value is -2.29. The summed E-state index contributed by atoms with van der Waals surface area (Å²) in [6.07, 6.45) is 10.1. The number of ether oxygens (including phenoxy) is 1. The molecule has 1 unspecified atom stereocenters. The minimum Gasteiger partial charge on any atom is -0.494 e. The van der Waals surface area contributed by atoms with Crippen LogP contribution in [0.3, 0.4) is 0 Å². The quantitative estimate of drug-likeness (QED) is 0.305. The number of carbonyl (C=O) groups is 1. The summed E-state index contributed by atoms with van der Waals surface area (Å²) in [4.78, 5) is 10.6. The molecule has 0 amide bonds. The summed E-state index contributed by atoms with van der Waals surface area (Å²) in [5.74, 6) is 0.932. The van der Waals surface area contributed by atoms with Gasteiger partial charge in [0.1, 0.15) is 5.75 Å². The third-order valence-electron chi connectivity index (χ3n) is 6.12. The third-order valence-corrected chi connectivity index (χ3v) is 6.12. The van der Waals surface area contributed by atoms with Gasteiger partial charge in [0.15, 0.2) is 0 Å². The van der Waals surface area contributed by atoms with Crippen molar-refractivity contribution in [3.8, 4) is 5.75 Å². The number of aryl methyl sites for hydroxylation is 3. The molecule has 0 bridgehead atoms. The average Bonchev–Trinajstić information content (AvgIpc) is 2.75. The fourth-order valence-corrected chi connectivity index (χ4v) is 4.02. The Morgan fingerprint density at radius 2 is 1.61 bits per heavy atom. The second-order valence-electron chi connectivity index (χ2n) is 8.87. The highest BCUT2D eigenvalue weighted by atomic mass is 16.5. The zero-order chi connectivity index (χ0) is 22.5. The van der Waals surface area contributed by atoms with E-state index in [0.29, 0.717) is 0 Å². The van der Waals surface area contributed by atoms with Crippen LogP contribution in [0.1, 0.15) is 80.5 Å². The van der Waals surface area contributed by atoms with Gasteiger partial charge in [-0.05, 0) is 92.7 Å². The van der Waals surface area contributed by atoms with Crippen LogP contribution >= 0.6 is 0 Å². The monoisotopic (exact) mass is 424 g/mol. The largest absolute Gasteiger partial charge is 0.494 e. The van der Waals surface area contributed by atoms with E-state index in [1.807, 2.05) is 12.1 Å². The highest BCUT2D eigenvalue weighted by Crippen LogP contribution is 2.22. The Kier molecular flexibility index (Phi) is 11.2. The van der Waals surface area contributed by atoms with Crippen LogP contribution in [-0.2, 0) is 17.6 Å². The van der Waals surface area contributed by atoms with Gasteiger partial charge in [-0.1, -0.05) is 56.5 Å². The zero-order valence-electron chi connectivity index (χ0n) is 19.7. The minimum atomic E-state index is -0.713. The van der Waals surface area contributed by atoms with Gasteiger partial charge in [-0.2, -0.15) is 0 Å². The van der Waals surface area contributed by atoms with Crippen molar-refractivity contribution in [1.29, 1.82) is 0 Å². The molecule has 2 rings (SSSR count). The summed E-state index contributed by atoms with van der Waals surface area (Å²) < 4.78 is 5.98. The molecule has 1 N–H and O–H groups in total. The van der Waals surface area contributed by atoms with E-state index in [-0.39, 0.29) is 6.42 Å². The molecule has 0 saturated heterocycles. The maximum atomic E-state index is 10.6. The summed E-state index contributed by atoms with van der Waals surface area (Å²) >= 11 is 0. The van der Waals surface area contributed by atoms with Gasteiger partial charge in [0.2, 0.25) is 0 Å². The zero-order valence-corrected chi connectivity index (χ0v) is 19.7. The highest BCUT2D eigenvalue weighted by Gasteiger charge is 2.10. The van der Waals surface area contributed by atoms with Gasteiger partial charge in [0.25, 0.3) is 0 Å². The molecule has 0 fully saturated rings. The van der Waals surface area contributed by atoms with Crippen molar-refractivity contribution in [1.82, 2.24) is 0 Å². The maximum Gasteiger partial charge on any atom is 0.303 e. The first-order valence-electron chi connectivity index (χ1n) is 12.0. The van der Waals surface area contributed by atoms with Gasteiger partial charge in [0.05, 0.1) is 6.61 Å². The number of benzene rings is 2. The first-order valence-corrected chi connectivity index (χ1v) is 12.0. The molecule has 0 aliphatic carbocycles. The fraction of sp³-hybridized carbons (Fsp3) is 0.536. The molecule has 0 heterocycles. The van der Waals surface area contributed by atoms with Crippen LogP contribution in [0.15, 0.2) is 42.5 Å². The van der Waals surface area contributed by atoms with Crippen molar-refractivity contribution < 1.29 is 14.6 Å². The summed E-state index contributed by atoms with van der Waals surface area (Å²) in [6.45, 7) is 7.41. The summed E-state index contributed by atoms with van der Waals surface area (Å²) in [5, 5.41) is 8.70. The molecule has 0 radical (unpaired) electrons. The van der Waals surface area contributed by atoms with E-state index in [4.69, 9.17) is 9.84 Å². The van der Waals surface area contributed by atoms with Crippen molar-refractivity contribution in [2.45, 2.75) is 85.0 Å². The molecular weight excluding hydrogens is 384 g/mol. The van der Waals surface area contributed by atoms with Gasteiger partial charge in [0, 0.05) is 6.42 Å². The molecule has 1 atom stereocenters. The first-order chi connectivity index (χ1) is 15.0. The van der Waals surface area contributed by atoms with E-state index in [2.05, 4.69) is 51.1 Å². The lowest BCUT2D eigenvalue weighted by atomic mass is 9.89. The number of aliphatic carboxylic acids is 1. The molecule has 2 aromatic carbocycles. The number of unbranched alkanes of at least 4 members (excludes halogenated alkanes) is 2. The molecule has 0 saturated carbocycles. The molecule has 3 nitrogen and oxygen atoms in total. The molecule has 0 aliphatic heterocycles. The smallest absolute Gasteiger partial charge is 0.303 e. The Morgan fingerprint density at radius 3 is 2.29 bits per heavy atom. The molecular formula is C28H40O3. The van der Waals surface area contributed by atoms with Gasteiger partial charge < -0.3 is 9.84 Å². The third kappa shape index (κ3) is 10.0. The molecule has 0 spiro atoms. The summed E-state index contributed by atoms with van der Waals surface area (Å²) in [6, 6.07) is 15.2. The van der Waals surface area contributed by atoms with E-state index in [1.54, 1.807) is 0 Å². The van der Waals surface area contributed by atoms with Crippen molar-refractivity contribution in [3.05, 3.63) is 64.7 Å². The molecule has 2 aromatic rings. The second kappa shape index (κ2) is 13.9. The lowest BCUT2D eigenvalue weighted by Gasteiger charge is -2.18. The van der Waals surface area contributed by atoms with Crippen molar-refractivity contribution in [2.24, 2.45) is 5.92 Å². The van der Waals surface area contributed by atoms with Gasteiger partial charge in [-0.3, -0.25) is 4.79 Å². The fourth-order valence-electron chi connectivity index (χ4n) is 4.02. The van der Waals surface area contributed by atoms with E-state index < -0.39 is 5.97 Å². The Bertz CT molecular complexity index is 779. The molecule has 3 heteroatoms. The first kappa shape index (κ1) is 25.0. The van der Waals surface area contributed by atoms with Gasteiger partial charge in [-0.15, -0.1) is 0 Å². The van der Waals surface area contributed by atoms with Crippen LogP contribution in [0.25, 0.3) is 0 Å². The van der Waals surface area contributed by atoms with E-state index >= 15 is 0 Å². The lowest BCUT2D eigenvalue weighted by molar-refractivity contribution is -0.137. The number of carboxylic acid groups (broad SMARTS) is 1. The number of rotatable bonds is 15. The highest BCUT2D eigenvalue weighted by molar-refractivity contribution is 5.66. The summed E-state index contributed by atoms with van der Waals surface area (Å²) in [5.41, 5.74) is 5.46. The van der Waals surface area contributed by atoms with Crippen LogP contribution in [-0.4, -0.2) is 17.7 Å². The predicted octanol–water partition coefficient (Wildman–Crippen LogP) is 7.31. The Morgan fingerprint density at radius 1 is 0.903 bits per heavy atom. The molecule has 0 aromatic heterocycles. The molecule has 31 heavy (non-hydrogen) atoms. The predicted molar refractivity (Wildman–Crippen MR) is 129 cm³/mol. The Labute approximate surface area is 188 Å². The number of carboxylic acids is 1. The SMILES string of the molecule is CCCCC(CCCOc1ccc(CCCCC(=O)O)cc1)Cc1ccc(C)c(C)c1. The maximum absolute atomic E-state index is 10.6. The second-order valence-corrected chi connectivity index (χ2v) is 8.87. The topological polar surface area (TPSA) is 46.5 Å². The molecule has 0 aliphatic rings. The van der Waals surface area contributed by atoms with E-state index in [0.717, 1.165) is 50.4 Å². The van der Waals surface area contributed by atoms with Crippen molar-refractivity contribution in [2.75, 3.05) is 6.61 Å².